The number of hydrogen-bond donors (Lipinski definition) is 1. The lowest BCUT2D eigenvalue weighted by atomic mass is 10.0. The number of anilines is 1. The molecule has 3 aromatic rings. The minimum absolute atomic E-state index is 0.00129. The number of furan rings is 1. The third-order valence-electron chi connectivity index (χ3n) is 4.79. The largest absolute Gasteiger partial charge is 0.545 e. The standard InChI is InChI=1S/C22H14N2O8/c25-18(23-14-7-12(21(28)29)6-13(8-14)22(30)31)11-3-4-16-17(9-11)20(27)24(19(16)26)10-15-2-1-5-32-15/h1-9H,10H2,(H,23,25)(H,28,29)(H,30,31)/p-2. The van der Waals surface area contributed by atoms with E-state index in [0.29, 0.717) is 5.76 Å². The Kier molecular flexibility index (Phi) is 5.03. The highest BCUT2D eigenvalue weighted by atomic mass is 16.4. The van der Waals surface area contributed by atoms with Gasteiger partial charge in [0.25, 0.3) is 17.7 Å². The van der Waals surface area contributed by atoms with Gasteiger partial charge in [0.2, 0.25) is 0 Å². The average Bonchev–Trinajstić information content (AvgIpc) is 3.36. The van der Waals surface area contributed by atoms with E-state index in [1.54, 1.807) is 12.1 Å². The fraction of sp³-hybridized carbons (Fsp3) is 0.0455. The number of amides is 3. The highest BCUT2D eigenvalue weighted by Crippen LogP contribution is 2.26. The molecule has 32 heavy (non-hydrogen) atoms. The molecule has 160 valence electrons. The van der Waals surface area contributed by atoms with Crippen LogP contribution in [0.15, 0.2) is 59.2 Å². The number of carbonyl (C=O) groups excluding carboxylic acids is 5. The Morgan fingerprint density at radius 3 is 2.09 bits per heavy atom. The summed E-state index contributed by atoms with van der Waals surface area (Å²) in [5.74, 6) is -4.75. The van der Waals surface area contributed by atoms with E-state index in [1.807, 2.05) is 0 Å². The van der Waals surface area contributed by atoms with Gasteiger partial charge in [0.1, 0.15) is 5.76 Å². The Morgan fingerprint density at radius 1 is 0.844 bits per heavy atom. The SMILES string of the molecule is O=C([O-])c1cc(NC(=O)c2ccc3c(c2)C(=O)N(Cc2ccco2)C3=O)cc(C(=O)[O-])c1. The van der Waals surface area contributed by atoms with Gasteiger partial charge in [-0.25, -0.2) is 0 Å². The zero-order valence-electron chi connectivity index (χ0n) is 16.1. The van der Waals surface area contributed by atoms with Gasteiger partial charge in [-0.15, -0.1) is 0 Å². The summed E-state index contributed by atoms with van der Waals surface area (Å²) < 4.78 is 5.17. The molecular formula is C22H12N2O8-2. The molecule has 0 spiro atoms. The van der Waals surface area contributed by atoms with Gasteiger partial charge in [-0.2, -0.15) is 0 Å². The van der Waals surface area contributed by atoms with Crippen LogP contribution < -0.4 is 15.5 Å². The molecule has 10 heteroatoms. The molecule has 0 atom stereocenters. The maximum atomic E-state index is 12.7. The van der Waals surface area contributed by atoms with Crippen LogP contribution in [0.1, 0.15) is 57.6 Å². The number of nitrogens with zero attached hydrogens (tertiary/aromatic N) is 1. The predicted molar refractivity (Wildman–Crippen MR) is 102 cm³/mol. The number of nitrogens with one attached hydrogen (secondary N) is 1. The van der Waals surface area contributed by atoms with Crippen LogP contribution in [0.2, 0.25) is 0 Å². The lowest BCUT2D eigenvalue weighted by Crippen LogP contribution is -2.28. The van der Waals surface area contributed by atoms with Crippen LogP contribution in [0, 0.1) is 0 Å². The summed E-state index contributed by atoms with van der Waals surface area (Å²) in [7, 11) is 0. The van der Waals surface area contributed by atoms with E-state index in [4.69, 9.17) is 4.42 Å². The molecule has 10 nitrogen and oxygen atoms in total. The van der Waals surface area contributed by atoms with Gasteiger partial charge in [0, 0.05) is 11.3 Å². The Morgan fingerprint density at radius 2 is 1.50 bits per heavy atom. The molecule has 2 aromatic carbocycles. The van der Waals surface area contributed by atoms with Gasteiger partial charge >= 0.3 is 0 Å². The smallest absolute Gasteiger partial charge is 0.261 e. The molecule has 0 bridgehead atoms. The maximum absolute atomic E-state index is 12.7. The van der Waals surface area contributed by atoms with E-state index >= 15 is 0 Å². The molecule has 2 heterocycles. The Bertz CT molecular complexity index is 1260. The van der Waals surface area contributed by atoms with Gasteiger partial charge in [0.15, 0.2) is 0 Å². The van der Waals surface area contributed by atoms with Gasteiger partial charge in [-0.1, -0.05) is 0 Å². The average molecular weight is 432 g/mol. The van der Waals surface area contributed by atoms with Crippen molar-refractivity contribution in [3.63, 3.8) is 0 Å². The number of hydrogen-bond acceptors (Lipinski definition) is 8. The highest BCUT2D eigenvalue weighted by molar-refractivity contribution is 6.22. The number of carboxylic acid groups (broad SMARTS) is 2. The molecule has 1 N–H and O–H groups in total. The summed E-state index contributed by atoms with van der Waals surface area (Å²) in [6.45, 7) is -0.0666. The molecule has 0 unspecified atom stereocenters. The number of fused-ring (bicyclic) bond motifs is 1. The molecule has 0 aliphatic carbocycles. The number of rotatable bonds is 6. The third kappa shape index (κ3) is 3.72. The van der Waals surface area contributed by atoms with Crippen LogP contribution in [0.3, 0.4) is 0 Å². The highest BCUT2D eigenvalue weighted by Gasteiger charge is 2.36. The van der Waals surface area contributed by atoms with Crippen molar-refractivity contribution in [2.75, 3.05) is 5.32 Å². The molecule has 4 rings (SSSR count). The van der Waals surface area contributed by atoms with Crippen LogP contribution in [0.25, 0.3) is 0 Å². The van der Waals surface area contributed by atoms with E-state index in [9.17, 15) is 34.2 Å². The van der Waals surface area contributed by atoms with Crippen molar-refractivity contribution in [2.45, 2.75) is 6.54 Å². The van der Waals surface area contributed by atoms with E-state index in [-0.39, 0.29) is 28.9 Å². The van der Waals surface area contributed by atoms with Crippen LogP contribution in [0.4, 0.5) is 5.69 Å². The quantitative estimate of drug-likeness (QED) is 0.535. The fourth-order valence-electron chi connectivity index (χ4n) is 3.27. The molecule has 1 aliphatic heterocycles. The summed E-state index contributed by atoms with van der Waals surface area (Å²) in [6.07, 6.45) is 1.41. The van der Waals surface area contributed by atoms with Crippen LogP contribution in [0.5, 0.6) is 0 Å². The Hall–Kier alpha value is -4.73. The number of carboxylic acids is 2. The molecule has 3 amide bonds. The molecule has 1 aliphatic rings. The van der Waals surface area contributed by atoms with E-state index < -0.39 is 40.8 Å². The topological polar surface area (TPSA) is 160 Å². The number of carbonyl (C=O) groups is 5. The summed E-state index contributed by atoms with van der Waals surface area (Å²) in [4.78, 5) is 61.1. The second-order valence-electron chi connectivity index (χ2n) is 6.86. The first kappa shape index (κ1) is 20.5. The van der Waals surface area contributed by atoms with Crippen molar-refractivity contribution in [1.29, 1.82) is 0 Å². The Labute approximate surface area is 179 Å². The van der Waals surface area contributed by atoms with Crippen LogP contribution in [-0.2, 0) is 6.54 Å². The minimum Gasteiger partial charge on any atom is -0.545 e. The maximum Gasteiger partial charge on any atom is 0.261 e. The minimum atomic E-state index is -1.64. The molecule has 0 saturated heterocycles. The molecule has 0 saturated carbocycles. The van der Waals surface area contributed by atoms with Crippen LogP contribution >= 0.6 is 0 Å². The van der Waals surface area contributed by atoms with Crippen molar-refractivity contribution in [1.82, 2.24) is 4.90 Å². The molecule has 1 aromatic heterocycles. The van der Waals surface area contributed by atoms with E-state index in [0.717, 1.165) is 23.1 Å². The summed E-state index contributed by atoms with van der Waals surface area (Å²) >= 11 is 0. The van der Waals surface area contributed by atoms with E-state index in [2.05, 4.69) is 5.32 Å². The molecule has 0 radical (unpaired) electrons. The van der Waals surface area contributed by atoms with E-state index in [1.165, 1.54) is 24.5 Å². The monoisotopic (exact) mass is 432 g/mol. The normalized spacial score (nSPS) is 12.6. The van der Waals surface area contributed by atoms with Gasteiger partial charge in [0.05, 0.1) is 35.9 Å². The first-order valence-electron chi connectivity index (χ1n) is 9.16. The zero-order valence-corrected chi connectivity index (χ0v) is 16.1. The lowest BCUT2D eigenvalue weighted by molar-refractivity contribution is -0.255. The second kappa shape index (κ2) is 7.84. The van der Waals surface area contributed by atoms with Gasteiger partial charge in [-0.3, -0.25) is 19.3 Å². The van der Waals surface area contributed by atoms with Crippen molar-refractivity contribution >= 4 is 35.3 Å². The second-order valence-corrected chi connectivity index (χ2v) is 6.86. The van der Waals surface area contributed by atoms with Crippen molar-refractivity contribution in [3.05, 3.63) is 88.4 Å². The lowest BCUT2D eigenvalue weighted by Gasteiger charge is -2.12. The van der Waals surface area contributed by atoms with Crippen molar-refractivity contribution < 1.29 is 38.6 Å². The zero-order chi connectivity index (χ0) is 23.0. The summed E-state index contributed by atoms with van der Waals surface area (Å²) in [5.41, 5.74) is -0.920. The summed E-state index contributed by atoms with van der Waals surface area (Å²) in [5, 5.41) is 24.6. The van der Waals surface area contributed by atoms with Crippen molar-refractivity contribution in [2.24, 2.45) is 0 Å². The first-order chi connectivity index (χ1) is 15.2. The number of aromatic carboxylic acids is 2. The summed E-state index contributed by atoms with van der Waals surface area (Å²) in [6, 6.07) is 10.00. The van der Waals surface area contributed by atoms with Crippen LogP contribution in [-0.4, -0.2) is 34.6 Å². The van der Waals surface area contributed by atoms with Gasteiger partial charge < -0.3 is 29.5 Å². The number of benzene rings is 2. The van der Waals surface area contributed by atoms with Crippen molar-refractivity contribution in [3.8, 4) is 0 Å². The fourth-order valence-corrected chi connectivity index (χ4v) is 3.27. The Balaban J connectivity index is 1.59. The van der Waals surface area contributed by atoms with Gasteiger partial charge in [-0.05, 0) is 59.7 Å². The third-order valence-corrected chi connectivity index (χ3v) is 4.79. The number of imide groups is 1. The molecule has 0 fully saturated rings. The predicted octanol–water partition coefficient (Wildman–Crippen LogP) is 0.0551. The molecular weight excluding hydrogens is 420 g/mol. The first-order valence-corrected chi connectivity index (χ1v) is 9.16.